The Hall–Kier alpha value is -2.30. The normalized spacial score (nSPS) is 10.4. The number of carboxylic acid groups (broad SMARTS) is 1. The number of nitrogens with zero attached hydrogens (tertiary/aromatic N) is 1. The van der Waals surface area contributed by atoms with Gasteiger partial charge in [-0.15, -0.1) is 0 Å². The Morgan fingerprint density at radius 2 is 2.21 bits per heavy atom. The molecule has 100 valence electrons. The molecule has 0 fully saturated rings. The zero-order chi connectivity index (χ0) is 13.8. The van der Waals surface area contributed by atoms with Crippen molar-refractivity contribution in [2.75, 3.05) is 6.61 Å². The molecule has 0 saturated carbocycles. The predicted molar refractivity (Wildman–Crippen MR) is 68.6 cm³/mol. The average molecular weight is 261 g/mol. The smallest absolute Gasteiger partial charge is 0.358 e. The Balaban J connectivity index is 1.92. The van der Waals surface area contributed by atoms with Crippen molar-refractivity contribution < 1.29 is 19.2 Å². The first-order valence-corrected chi connectivity index (χ1v) is 5.96. The lowest BCUT2D eigenvalue weighted by Gasteiger charge is -2.09. The first-order chi connectivity index (χ1) is 9.08. The highest BCUT2D eigenvalue weighted by Crippen LogP contribution is 2.20. The quantitative estimate of drug-likeness (QED) is 0.895. The van der Waals surface area contributed by atoms with E-state index < -0.39 is 5.97 Å². The van der Waals surface area contributed by atoms with E-state index in [1.54, 1.807) is 0 Å². The van der Waals surface area contributed by atoms with Gasteiger partial charge in [0.2, 0.25) is 0 Å². The highest BCUT2D eigenvalue weighted by Gasteiger charge is 2.10. The van der Waals surface area contributed by atoms with Gasteiger partial charge in [0.25, 0.3) is 0 Å². The molecular weight excluding hydrogens is 246 g/mol. The topological polar surface area (TPSA) is 72.6 Å². The summed E-state index contributed by atoms with van der Waals surface area (Å²) in [6.07, 6.45) is 0.480. The zero-order valence-electron chi connectivity index (χ0n) is 10.8. The van der Waals surface area contributed by atoms with Crippen molar-refractivity contribution in [2.45, 2.75) is 20.3 Å². The maximum absolute atomic E-state index is 10.6. The molecular formula is C14H15NO4. The van der Waals surface area contributed by atoms with Gasteiger partial charge in [0.15, 0.2) is 5.69 Å². The van der Waals surface area contributed by atoms with Crippen LogP contribution in [0.1, 0.15) is 27.4 Å². The van der Waals surface area contributed by atoms with Gasteiger partial charge >= 0.3 is 5.97 Å². The highest BCUT2D eigenvalue weighted by molar-refractivity contribution is 5.85. The number of ether oxygens (including phenoxy) is 1. The maximum Gasteiger partial charge on any atom is 0.358 e. The van der Waals surface area contributed by atoms with Crippen LogP contribution in [0.5, 0.6) is 5.75 Å². The molecule has 2 rings (SSSR count). The van der Waals surface area contributed by atoms with E-state index in [1.807, 2.05) is 32.0 Å². The molecule has 1 heterocycles. The lowest BCUT2D eigenvalue weighted by atomic mass is 10.1. The van der Waals surface area contributed by atoms with Crippen LogP contribution in [0.15, 0.2) is 28.8 Å². The van der Waals surface area contributed by atoms with Crippen molar-refractivity contribution >= 4 is 5.97 Å². The van der Waals surface area contributed by atoms with Crippen LogP contribution in [0, 0.1) is 13.8 Å². The molecule has 0 aliphatic heterocycles. The second-order valence-electron chi connectivity index (χ2n) is 4.28. The summed E-state index contributed by atoms with van der Waals surface area (Å²) in [4.78, 5) is 10.6. The van der Waals surface area contributed by atoms with Crippen LogP contribution >= 0.6 is 0 Å². The van der Waals surface area contributed by atoms with Crippen LogP contribution in [0.25, 0.3) is 0 Å². The van der Waals surface area contributed by atoms with Gasteiger partial charge in [-0.2, -0.15) is 0 Å². The number of carbonyl (C=O) groups is 1. The average Bonchev–Trinajstić information content (AvgIpc) is 2.83. The minimum atomic E-state index is -1.09. The molecule has 0 aliphatic rings. The number of aromatic nitrogens is 1. The fraction of sp³-hybridized carbons (Fsp3) is 0.286. The first-order valence-electron chi connectivity index (χ1n) is 5.96. The summed E-state index contributed by atoms with van der Waals surface area (Å²) in [6, 6.07) is 7.28. The maximum atomic E-state index is 10.6. The molecule has 0 spiro atoms. The van der Waals surface area contributed by atoms with E-state index in [-0.39, 0.29) is 5.69 Å². The van der Waals surface area contributed by atoms with Gasteiger partial charge in [0, 0.05) is 12.5 Å². The number of carboxylic acids is 1. The summed E-state index contributed by atoms with van der Waals surface area (Å²) in [5.74, 6) is 0.242. The van der Waals surface area contributed by atoms with Gasteiger partial charge < -0.3 is 14.4 Å². The molecule has 5 nitrogen and oxygen atoms in total. The van der Waals surface area contributed by atoms with E-state index in [4.69, 9.17) is 14.4 Å². The Labute approximate surface area is 110 Å². The first kappa shape index (κ1) is 13.1. The summed E-state index contributed by atoms with van der Waals surface area (Å²) in [5.41, 5.74) is 2.19. The van der Waals surface area contributed by atoms with Crippen LogP contribution in [-0.2, 0) is 6.42 Å². The van der Waals surface area contributed by atoms with E-state index >= 15 is 0 Å². The predicted octanol–water partition coefficient (Wildman–Crippen LogP) is 2.61. The number of rotatable bonds is 5. The zero-order valence-corrected chi connectivity index (χ0v) is 10.8. The summed E-state index contributed by atoms with van der Waals surface area (Å²) in [6.45, 7) is 4.44. The molecule has 1 N–H and O–H groups in total. The highest BCUT2D eigenvalue weighted by atomic mass is 16.5. The van der Waals surface area contributed by atoms with Gasteiger partial charge in [-0.25, -0.2) is 4.79 Å². The lowest BCUT2D eigenvalue weighted by Crippen LogP contribution is -2.02. The number of aryl methyl sites for hydroxylation is 1. The summed E-state index contributed by atoms with van der Waals surface area (Å²) in [5, 5.41) is 12.2. The molecule has 1 aromatic heterocycles. The molecule has 0 bridgehead atoms. The van der Waals surface area contributed by atoms with E-state index in [9.17, 15) is 4.79 Å². The minimum Gasteiger partial charge on any atom is -0.493 e. The van der Waals surface area contributed by atoms with Crippen molar-refractivity contribution in [3.63, 3.8) is 0 Å². The van der Waals surface area contributed by atoms with E-state index in [0.717, 1.165) is 11.3 Å². The number of hydrogen-bond acceptors (Lipinski definition) is 4. The van der Waals surface area contributed by atoms with E-state index in [0.29, 0.717) is 18.8 Å². The fourth-order valence-corrected chi connectivity index (χ4v) is 1.67. The molecule has 0 atom stereocenters. The number of aromatic carboxylic acids is 1. The van der Waals surface area contributed by atoms with Crippen LogP contribution < -0.4 is 4.74 Å². The summed E-state index contributed by atoms with van der Waals surface area (Å²) in [7, 11) is 0. The molecule has 0 saturated heterocycles. The van der Waals surface area contributed by atoms with E-state index in [2.05, 4.69) is 5.16 Å². The second kappa shape index (κ2) is 5.56. The van der Waals surface area contributed by atoms with Crippen molar-refractivity contribution in [1.82, 2.24) is 5.16 Å². The Morgan fingerprint density at radius 1 is 1.42 bits per heavy atom. The third kappa shape index (κ3) is 3.13. The Bertz CT molecular complexity index is 589. The molecule has 2 aromatic rings. The molecule has 0 amide bonds. The fourth-order valence-electron chi connectivity index (χ4n) is 1.67. The van der Waals surface area contributed by atoms with Crippen LogP contribution in [0.2, 0.25) is 0 Å². The Morgan fingerprint density at radius 3 is 2.89 bits per heavy atom. The van der Waals surface area contributed by atoms with Crippen molar-refractivity contribution in [1.29, 1.82) is 0 Å². The molecule has 0 aliphatic carbocycles. The third-order valence-corrected chi connectivity index (χ3v) is 2.94. The van der Waals surface area contributed by atoms with Crippen molar-refractivity contribution in [2.24, 2.45) is 0 Å². The number of benzene rings is 1. The van der Waals surface area contributed by atoms with Gasteiger partial charge in [-0.1, -0.05) is 17.3 Å². The third-order valence-electron chi connectivity index (χ3n) is 2.94. The van der Waals surface area contributed by atoms with E-state index in [1.165, 1.54) is 11.6 Å². The largest absolute Gasteiger partial charge is 0.493 e. The van der Waals surface area contributed by atoms with Gasteiger partial charge in [-0.05, 0) is 31.0 Å². The van der Waals surface area contributed by atoms with Crippen LogP contribution in [0.4, 0.5) is 0 Å². The van der Waals surface area contributed by atoms with Gasteiger partial charge in [-0.3, -0.25) is 0 Å². The molecule has 0 radical (unpaired) electrons. The minimum absolute atomic E-state index is 0.0817. The lowest BCUT2D eigenvalue weighted by molar-refractivity contribution is 0.0685. The molecule has 1 aromatic carbocycles. The summed E-state index contributed by atoms with van der Waals surface area (Å²) < 4.78 is 10.6. The number of hydrogen-bond donors (Lipinski definition) is 1. The molecule has 5 heteroatoms. The van der Waals surface area contributed by atoms with Crippen LogP contribution in [0.3, 0.4) is 0 Å². The monoisotopic (exact) mass is 261 g/mol. The van der Waals surface area contributed by atoms with Crippen LogP contribution in [-0.4, -0.2) is 22.8 Å². The Kier molecular flexibility index (Phi) is 3.85. The SMILES string of the molecule is Cc1cccc(OCCc2cc(C(=O)O)no2)c1C. The van der Waals surface area contributed by atoms with Gasteiger partial charge in [0.1, 0.15) is 11.5 Å². The second-order valence-corrected chi connectivity index (χ2v) is 4.28. The molecule has 19 heavy (non-hydrogen) atoms. The van der Waals surface area contributed by atoms with Crippen molar-refractivity contribution in [3.8, 4) is 5.75 Å². The van der Waals surface area contributed by atoms with Gasteiger partial charge in [0.05, 0.1) is 6.61 Å². The molecule has 0 unspecified atom stereocenters. The van der Waals surface area contributed by atoms with Crippen molar-refractivity contribution in [3.05, 3.63) is 46.8 Å². The summed E-state index contributed by atoms with van der Waals surface area (Å²) >= 11 is 0. The standard InChI is InChI=1S/C14H15NO4/c1-9-4-3-5-13(10(9)2)18-7-6-11-8-12(14(16)17)15-19-11/h3-5,8H,6-7H2,1-2H3,(H,16,17).